The first-order chi connectivity index (χ1) is 11.0. The number of carbonyl (C=O) groups is 1. The molecule has 0 bridgehead atoms. The Morgan fingerprint density at radius 1 is 1.17 bits per heavy atom. The summed E-state index contributed by atoms with van der Waals surface area (Å²) in [5.74, 6) is 1.08. The van der Waals surface area contributed by atoms with Gasteiger partial charge in [-0.3, -0.25) is 4.79 Å². The smallest absolute Gasteiger partial charge is 0.268 e. The molecule has 0 saturated carbocycles. The zero-order valence-electron chi connectivity index (χ0n) is 13.6. The maximum Gasteiger partial charge on any atom is 0.268 e. The number of hydrogen-bond donors (Lipinski definition) is 1. The summed E-state index contributed by atoms with van der Waals surface area (Å²) in [7, 11) is 1.73. The number of likely N-dealkylation sites (N-methyl/N-ethyl adjacent to an activating group) is 1. The second kappa shape index (κ2) is 5.95. The lowest BCUT2D eigenvalue weighted by molar-refractivity contribution is -0.125. The zero-order chi connectivity index (χ0) is 16.6. The van der Waals surface area contributed by atoms with E-state index >= 15 is 0 Å². The van der Waals surface area contributed by atoms with Crippen LogP contribution in [-0.2, 0) is 11.2 Å². The highest BCUT2D eigenvalue weighted by molar-refractivity contribution is 5.99. The number of ether oxygens (including phenoxy) is 1. The van der Waals surface area contributed by atoms with E-state index in [0.29, 0.717) is 23.8 Å². The fraction of sp³-hybridized carbons (Fsp3) is 0.316. The van der Waals surface area contributed by atoms with Gasteiger partial charge in [0.25, 0.3) is 5.91 Å². The molecule has 1 N–H and O–H groups in total. The number of phenols is 1. The fourth-order valence-electron chi connectivity index (χ4n) is 2.79. The lowest BCUT2D eigenvalue weighted by atomic mass is 9.99. The van der Waals surface area contributed by atoms with Gasteiger partial charge in [-0.05, 0) is 29.2 Å². The van der Waals surface area contributed by atoms with Crippen molar-refractivity contribution in [3.63, 3.8) is 0 Å². The average molecular weight is 311 g/mol. The number of nitrogens with zero attached hydrogens (tertiary/aromatic N) is 1. The molecule has 3 rings (SSSR count). The molecule has 23 heavy (non-hydrogen) atoms. The molecule has 120 valence electrons. The predicted molar refractivity (Wildman–Crippen MR) is 90.2 cm³/mol. The first-order valence-electron chi connectivity index (χ1n) is 7.82. The monoisotopic (exact) mass is 311 g/mol. The number of carbonyl (C=O) groups excluding carboxylic acids is 1. The van der Waals surface area contributed by atoms with Crippen molar-refractivity contribution in [2.45, 2.75) is 32.3 Å². The molecule has 2 aromatic rings. The number of aromatic hydroxyl groups is 1. The molecule has 0 saturated heterocycles. The van der Waals surface area contributed by atoms with Gasteiger partial charge in [0, 0.05) is 19.5 Å². The highest BCUT2D eigenvalue weighted by atomic mass is 16.5. The van der Waals surface area contributed by atoms with E-state index in [2.05, 4.69) is 26.0 Å². The van der Waals surface area contributed by atoms with Gasteiger partial charge in [-0.1, -0.05) is 38.1 Å². The van der Waals surface area contributed by atoms with Crippen LogP contribution in [0.2, 0.25) is 0 Å². The number of fused-ring (bicyclic) bond motifs is 1. The van der Waals surface area contributed by atoms with E-state index in [1.807, 2.05) is 12.1 Å². The molecule has 0 radical (unpaired) electrons. The van der Waals surface area contributed by atoms with Crippen molar-refractivity contribution in [2.75, 3.05) is 11.9 Å². The summed E-state index contributed by atoms with van der Waals surface area (Å²) >= 11 is 0. The molecule has 2 aromatic carbocycles. The first kappa shape index (κ1) is 15.4. The van der Waals surface area contributed by atoms with E-state index in [1.54, 1.807) is 30.1 Å². The maximum absolute atomic E-state index is 12.5. The summed E-state index contributed by atoms with van der Waals surface area (Å²) in [6.07, 6.45) is -0.0596. The van der Waals surface area contributed by atoms with Crippen LogP contribution >= 0.6 is 0 Å². The van der Waals surface area contributed by atoms with Crippen LogP contribution in [0.5, 0.6) is 11.5 Å². The number of amides is 1. The van der Waals surface area contributed by atoms with E-state index in [-0.39, 0.29) is 11.7 Å². The summed E-state index contributed by atoms with van der Waals surface area (Å²) in [5.41, 5.74) is 3.01. The second-order valence-electron chi connectivity index (χ2n) is 6.26. The van der Waals surface area contributed by atoms with Crippen LogP contribution < -0.4 is 9.64 Å². The third-order valence-electron chi connectivity index (χ3n) is 4.25. The van der Waals surface area contributed by atoms with Gasteiger partial charge in [0.2, 0.25) is 0 Å². The zero-order valence-corrected chi connectivity index (χ0v) is 13.6. The van der Waals surface area contributed by atoms with E-state index in [4.69, 9.17) is 4.74 Å². The predicted octanol–water partition coefficient (Wildman–Crippen LogP) is 3.48. The minimum absolute atomic E-state index is 0.0730. The molecule has 1 aliphatic rings. The minimum Gasteiger partial charge on any atom is -0.508 e. The molecular formula is C19H21NO3. The number of rotatable bonds is 3. The SMILES string of the molecule is CC(C)c1ccc(CC2Oc3cc(O)ccc3N(C)C2=O)cc1. The molecule has 4 nitrogen and oxygen atoms in total. The van der Waals surface area contributed by atoms with Crippen molar-refractivity contribution in [3.05, 3.63) is 53.6 Å². The third-order valence-corrected chi connectivity index (χ3v) is 4.25. The van der Waals surface area contributed by atoms with Crippen molar-refractivity contribution in [3.8, 4) is 11.5 Å². The fourth-order valence-corrected chi connectivity index (χ4v) is 2.79. The first-order valence-corrected chi connectivity index (χ1v) is 7.82. The van der Waals surface area contributed by atoms with Crippen LogP contribution in [-0.4, -0.2) is 24.2 Å². The topological polar surface area (TPSA) is 49.8 Å². The van der Waals surface area contributed by atoms with Gasteiger partial charge >= 0.3 is 0 Å². The minimum atomic E-state index is -0.570. The third kappa shape index (κ3) is 3.02. The summed E-state index contributed by atoms with van der Waals surface area (Å²) in [5, 5.41) is 9.62. The molecule has 1 atom stereocenters. The van der Waals surface area contributed by atoms with Crippen LogP contribution in [0, 0.1) is 0 Å². The van der Waals surface area contributed by atoms with Crippen LogP contribution in [0.4, 0.5) is 5.69 Å². The van der Waals surface area contributed by atoms with Crippen LogP contribution in [0.3, 0.4) is 0 Å². The Morgan fingerprint density at radius 2 is 1.87 bits per heavy atom. The molecule has 0 aliphatic carbocycles. The van der Waals surface area contributed by atoms with E-state index < -0.39 is 6.10 Å². The molecule has 0 fully saturated rings. The van der Waals surface area contributed by atoms with Gasteiger partial charge < -0.3 is 14.7 Å². The Labute approximate surface area is 136 Å². The van der Waals surface area contributed by atoms with Crippen molar-refractivity contribution in [1.82, 2.24) is 0 Å². The lowest BCUT2D eigenvalue weighted by Gasteiger charge is -2.32. The van der Waals surface area contributed by atoms with E-state index in [9.17, 15) is 9.90 Å². The van der Waals surface area contributed by atoms with Crippen molar-refractivity contribution in [2.24, 2.45) is 0 Å². The Morgan fingerprint density at radius 3 is 2.52 bits per heavy atom. The van der Waals surface area contributed by atoms with Gasteiger partial charge in [-0.2, -0.15) is 0 Å². The van der Waals surface area contributed by atoms with Crippen LogP contribution in [0.25, 0.3) is 0 Å². The number of hydrogen-bond acceptors (Lipinski definition) is 3. The molecule has 1 amide bonds. The van der Waals surface area contributed by atoms with Crippen molar-refractivity contribution >= 4 is 11.6 Å². The summed E-state index contributed by atoms with van der Waals surface area (Å²) in [4.78, 5) is 14.1. The second-order valence-corrected chi connectivity index (χ2v) is 6.26. The maximum atomic E-state index is 12.5. The van der Waals surface area contributed by atoms with Crippen molar-refractivity contribution in [1.29, 1.82) is 0 Å². The summed E-state index contributed by atoms with van der Waals surface area (Å²) < 4.78 is 5.83. The molecule has 0 aromatic heterocycles. The molecule has 4 heteroatoms. The molecular weight excluding hydrogens is 290 g/mol. The van der Waals surface area contributed by atoms with Gasteiger partial charge in [-0.25, -0.2) is 0 Å². The van der Waals surface area contributed by atoms with E-state index in [0.717, 1.165) is 5.56 Å². The van der Waals surface area contributed by atoms with Crippen molar-refractivity contribution < 1.29 is 14.6 Å². The van der Waals surface area contributed by atoms with Gasteiger partial charge in [-0.15, -0.1) is 0 Å². The number of phenolic OH excluding ortho intramolecular Hbond substituents is 1. The van der Waals surface area contributed by atoms with E-state index in [1.165, 1.54) is 5.56 Å². The molecule has 1 aliphatic heterocycles. The largest absolute Gasteiger partial charge is 0.508 e. The Kier molecular flexibility index (Phi) is 3.99. The summed E-state index contributed by atoms with van der Waals surface area (Å²) in [6, 6.07) is 13.1. The van der Waals surface area contributed by atoms with Crippen LogP contribution in [0.1, 0.15) is 30.9 Å². The Balaban J connectivity index is 1.82. The van der Waals surface area contributed by atoms with Gasteiger partial charge in [0.05, 0.1) is 5.69 Å². The normalized spacial score (nSPS) is 17.1. The Hall–Kier alpha value is -2.49. The van der Waals surface area contributed by atoms with Gasteiger partial charge in [0.1, 0.15) is 11.5 Å². The number of anilines is 1. The average Bonchev–Trinajstić information content (AvgIpc) is 2.52. The number of benzene rings is 2. The quantitative estimate of drug-likeness (QED) is 0.944. The highest BCUT2D eigenvalue weighted by Crippen LogP contribution is 2.36. The standard InChI is InChI=1S/C19H21NO3/c1-12(2)14-6-4-13(5-7-14)10-18-19(22)20(3)16-9-8-15(21)11-17(16)23-18/h4-9,11-12,18,21H,10H2,1-3H3. The Bertz CT molecular complexity index is 722. The van der Waals surface area contributed by atoms with Gasteiger partial charge in [0.15, 0.2) is 6.10 Å². The molecule has 0 spiro atoms. The molecule has 1 unspecified atom stereocenters. The lowest BCUT2D eigenvalue weighted by Crippen LogP contribution is -2.44. The highest BCUT2D eigenvalue weighted by Gasteiger charge is 2.32. The van der Waals surface area contributed by atoms with Crippen LogP contribution in [0.15, 0.2) is 42.5 Å². The molecule has 1 heterocycles. The summed E-state index contributed by atoms with van der Waals surface area (Å²) in [6.45, 7) is 4.31.